The summed E-state index contributed by atoms with van der Waals surface area (Å²) in [5.74, 6) is -1.07. The number of carboxylic acid groups (broad SMARTS) is 1. The maximum atomic E-state index is 11.9. The minimum absolute atomic E-state index is 0.0793. The highest BCUT2D eigenvalue weighted by Crippen LogP contribution is 2.21. The van der Waals surface area contributed by atoms with E-state index in [4.69, 9.17) is 5.11 Å². The number of aromatic carboxylic acids is 1. The first-order chi connectivity index (χ1) is 9.97. The van der Waals surface area contributed by atoms with Crippen molar-refractivity contribution in [2.45, 2.75) is 13.0 Å². The molecule has 0 fully saturated rings. The summed E-state index contributed by atoms with van der Waals surface area (Å²) in [7, 11) is 0. The van der Waals surface area contributed by atoms with E-state index in [9.17, 15) is 9.59 Å². The second-order valence-corrected chi connectivity index (χ2v) is 5.21. The minimum Gasteiger partial charge on any atom is -0.478 e. The molecule has 21 heavy (non-hydrogen) atoms. The summed E-state index contributed by atoms with van der Waals surface area (Å²) in [6.07, 6.45) is 3.31. The molecule has 0 aliphatic rings. The third-order valence-corrected chi connectivity index (χ3v) is 3.51. The molecule has 1 aromatic heterocycles. The summed E-state index contributed by atoms with van der Waals surface area (Å²) >= 11 is 3.14. The van der Waals surface area contributed by atoms with Gasteiger partial charge in [-0.2, -0.15) is 5.10 Å². The van der Waals surface area contributed by atoms with Gasteiger partial charge in [-0.3, -0.25) is 5.10 Å². The molecule has 1 heterocycles. The number of hydrogen-bond acceptors (Lipinski definition) is 3. The van der Waals surface area contributed by atoms with Gasteiger partial charge < -0.3 is 15.7 Å². The number of amides is 2. The second kappa shape index (κ2) is 6.40. The fourth-order valence-corrected chi connectivity index (χ4v) is 2.13. The van der Waals surface area contributed by atoms with Crippen LogP contribution < -0.4 is 10.6 Å². The highest BCUT2D eigenvalue weighted by molar-refractivity contribution is 9.10. The van der Waals surface area contributed by atoms with Gasteiger partial charge >= 0.3 is 12.0 Å². The zero-order valence-electron chi connectivity index (χ0n) is 11.1. The molecule has 0 bridgehead atoms. The quantitative estimate of drug-likeness (QED) is 0.678. The third kappa shape index (κ3) is 3.82. The SMILES string of the molecule is CC(NC(=O)Nc1ccc(Br)c(C(=O)O)c1)c1cn[nH]c1. The van der Waals surface area contributed by atoms with Crippen LogP contribution >= 0.6 is 15.9 Å². The number of aromatic amines is 1. The van der Waals surface area contributed by atoms with E-state index in [1.807, 2.05) is 6.92 Å². The van der Waals surface area contributed by atoms with Crippen LogP contribution in [0.1, 0.15) is 28.9 Å². The van der Waals surface area contributed by atoms with Crippen LogP contribution in [0.2, 0.25) is 0 Å². The van der Waals surface area contributed by atoms with Gasteiger partial charge in [-0.05, 0) is 41.1 Å². The normalized spacial score (nSPS) is 11.7. The molecular formula is C13H13BrN4O3. The summed E-state index contributed by atoms with van der Waals surface area (Å²) in [4.78, 5) is 22.9. The molecule has 110 valence electrons. The van der Waals surface area contributed by atoms with Crippen LogP contribution in [0.5, 0.6) is 0 Å². The summed E-state index contributed by atoms with van der Waals surface area (Å²) in [5, 5.41) is 20.8. The van der Waals surface area contributed by atoms with Gasteiger partial charge in [-0.25, -0.2) is 9.59 Å². The first-order valence-electron chi connectivity index (χ1n) is 6.06. The molecule has 1 unspecified atom stereocenters. The first-order valence-corrected chi connectivity index (χ1v) is 6.85. The smallest absolute Gasteiger partial charge is 0.336 e. The molecule has 0 saturated heterocycles. The average molecular weight is 353 g/mol. The Bertz CT molecular complexity index is 657. The Labute approximate surface area is 128 Å². The van der Waals surface area contributed by atoms with E-state index in [1.54, 1.807) is 24.5 Å². The van der Waals surface area contributed by atoms with Crippen molar-refractivity contribution in [1.29, 1.82) is 0 Å². The van der Waals surface area contributed by atoms with Crippen LogP contribution in [0.4, 0.5) is 10.5 Å². The molecular weight excluding hydrogens is 340 g/mol. The topological polar surface area (TPSA) is 107 Å². The van der Waals surface area contributed by atoms with E-state index in [0.717, 1.165) is 5.56 Å². The fourth-order valence-electron chi connectivity index (χ4n) is 1.71. The Kier molecular flexibility index (Phi) is 4.59. The number of rotatable bonds is 4. The molecule has 0 aliphatic heterocycles. The second-order valence-electron chi connectivity index (χ2n) is 4.35. The van der Waals surface area contributed by atoms with Gasteiger partial charge in [0.1, 0.15) is 0 Å². The van der Waals surface area contributed by atoms with Gasteiger partial charge in [-0.1, -0.05) is 0 Å². The number of aromatic nitrogens is 2. The minimum atomic E-state index is -1.07. The zero-order chi connectivity index (χ0) is 15.4. The number of benzene rings is 1. The van der Waals surface area contributed by atoms with Crippen LogP contribution in [0.15, 0.2) is 35.1 Å². The van der Waals surface area contributed by atoms with Gasteiger partial charge in [-0.15, -0.1) is 0 Å². The highest BCUT2D eigenvalue weighted by atomic mass is 79.9. The third-order valence-electron chi connectivity index (χ3n) is 2.82. The van der Waals surface area contributed by atoms with Crippen LogP contribution in [0.3, 0.4) is 0 Å². The molecule has 4 N–H and O–H groups in total. The lowest BCUT2D eigenvalue weighted by molar-refractivity contribution is 0.0696. The number of nitrogens with one attached hydrogen (secondary N) is 3. The lowest BCUT2D eigenvalue weighted by Crippen LogP contribution is -2.31. The van der Waals surface area contributed by atoms with Crippen LogP contribution in [-0.2, 0) is 0 Å². The predicted octanol–water partition coefficient (Wildman–Crippen LogP) is 2.75. The molecule has 7 nitrogen and oxygen atoms in total. The molecule has 2 aromatic rings. The maximum absolute atomic E-state index is 11.9. The van der Waals surface area contributed by atoms with Crippen molar-refractivity contribution in [2.24, 2.45) is 0 Å². The van der Waals surface area contributed by atoms with Crippen molar-refractivity contribution in [1.82, 2.24) is 15.5 Å². The average Bonchev–Trinajstić information content (AvgIpc) is 2.94. The Morgan fingerprint density at radius 1 is 1.43 bits per heavy atom. The van der Waals surface area contributed by atoms with Crippen molar-refractivity contribution in [3.8, 4) is 0 Å². The van der Waals surface area contributed by atoms with Crippen molar-refractivity contribution in [3.05, 3.63) is 46.2 Å². The number of carbonyl (C=O) groups excluding carboxylic acids is 1. The molecule has 0 spiro atoms. The van der Waals surface area contributed by atoms with Gasteiger partial charge in [0.15, 0.2) is 0 Å². The van der Waals surface area contributed by atoms with Crippen molar-refractivity contribution < 1.29 is 14.7 Å². The lowest BCUT2D eigenvalue weighted by atomic mass is 10.2. The highest BCUT2D eigenvalue weighted by Gasteiger charge is 2.13. The number of hydrogen-bond donors (Lipinski definition) is 4. The monoisotopic (exact) mass is 352 g/mol. The van der Waals surface area contributed by atoms with E-state index in [1.165, 1.54) is 6.07 Å². The zero-order valence-corrected chi connectivity index (χ0v) is 12.6. The number of anilines is 1. The number of nitrogens with zero attached hydrogens (tertiary/aromatic N) is 1. The number of urea groups is 1. The Morgan fingerprint density at radius 3 is 2.81 bits per heavy atom. The Morgan fingerprint density at radius 2 is 2.19 bits per heavy atom. The summed E-state index contributed by atoms with van der Waals surface area (Å²) in [5.41, 5.74) is 1.32. The standard InChI is InChI=1S/C13H13BrN4O3/c1-7(8-5-15-16-6-8)17-13(21)18-9-2-3-11(14)10(4-9)12(19)20/h2-7H,1H3,(H,15,16)(H,19,20)(H2,17,18,21). The number of carbonyl (C=O) groups is 2. The van der Waals surface area contributed by atoms with E-state index >= 15 is 0 Å². The fraction of sp³-hybridized carbons (Fsp3) is 0.154. The van der Waals surface area contributed by atoms with Crippen molar-refractivity contribution in [3.63, 3.8) is 0 Å². The van der Waals surface area contributed by atoms with Gasteiger partial charge in [0.05, 0.1) is 17.8 Å². The van der Waals surface area contributed by atoms with Gasteiger partial charge in [0.25, 0.3) is 0 Å². The molecule has 2 rings (SSSR count). The van der Waals surface area contributed by atoms with E-state index in [2.05, 4.69) is 36.8 Å². The number of halogens is 1. The first kappa shape index (κ1) is 15.0. The summed E-state index contributed by atoms with van der Waals surface area (Å²) in [6, 6.07) is 3.91. The number of H-pyrrole nitrogens is 1. The molecule has 1 aromatic carbocycles. The molecule has 2 amide bonds. The van der Waals surface area contributed by atoms with Gasteiger partial charge in [0, 0.05) is 21.9 Å². The largest absolute Gasteiger partial charge is 0.478 e. The van der Waals surface area contributed by atoms with Crippen LogP contribution in [-0.4, -0.2) is 27.3 Å². The Balaban J connectivity index is 2.03. The van der Waals surface area contributed by atoms with Gasteiger partial charge in [0.2, 0.25) is 0 Å². The number of carboxylic acids is 1. The van der Waals surface area contributed by atoms with E-state index in [0.29, 0.717) is 10.2 Å². The lowest BCUT2D eigenvalue weighted by Gasteiger charge is -2.13. The summed E-state index contributed by atoms with van der Waals surface area (Å²) < 4.78 is 0.452. The molecule has 1 atom stereocenters. The van der Waals surface area contributed by atoms with Crippen molar-refractivity contribution >= 4 is 33.6 Å². The summed E-state index contributed by atoms with van der Waals surface area (Å²) in [6.45, 7) is 1.81. The van der Waals surface area contributed by atoms with E-state index in [-0.39, 0.29) is 11.6 Å². The molecule has 0 aliphatic carbocycles. The Hall–Kier alpha value is -2.35. The van der Waals surface area contributed by atoms with Crippen LogP contribution in [0, 0.1) is 0 Å². The maximum Gasteiger partial charge on any atom is 0.336 e. The van der Waals surface area contributed by atoms with Crippen molar-refractivity contribution in [2.75, 3.05) is 5.32 Å². The van der Waals surface area contributed by atoms with Crippen LogP contribution in [0.25, 0.3) is 0 Å². The van der Waals surface area contributed by atoms with E-state index < -0.39 is 12.0 Å². The predicted molar refractivity (Wildman–Crippen MR) is 80.3 cm³/mol. The molecule has 8 heteroatoms. The molecule has 0 radical (unpaired) electrons. The molecule has 0 saturated carbocycles.